The van der Waals surface area contributed by atoms with Gasteiger partial charge in [-0.1, -0.05) is 29.8 Å². The highest BCUT2D eigenvalue weighted by molar-refractivity contribution is 5.82. The SMILES string of the molecule is Cc1cccc([C@H](O)CNc2cc[nH]c(=O)c2-c2nc3nc(N4CCNCC4)nc(C)c3[nH]2)c1. The zero-order valence-corrected chi connectivity index (χ0v) is 19.2. The zero-order chi connectivity index (χ0) is 23.7. The van der Waals surface area contributed by atoms with E-state index in [-0.39, 0.29) is 12.1 Å². The molecule has 1 aliphatic heterocycles. The number of aliphatic hydroxyl groups excluding tert-OH is 1. The Morgan fingerprint density at radius 3 is 2.76 bits per heavy atom. The molecule has 0 saturated carbocycles. The molecule has 176 valence electrons. The van der Waals surface area contributed by atoms with Crippen molar-refractivity contribution in [3.8, 4) is 11.4 Å². The Bertz CT molecular complexity index is 1370. The Kier molecular flexibility index (Phi) is 5.99. The largest absolute Gasteiger partial charge is 0.387 e. The van der Waals surface area contributed by atoms with Gasteiger partial charge in [0.15, 0.2) is 5.65 Å². The van der Waals surface area contributed by atoms with Crippen LogP contribution in [0.3, 0.4) is 0 Å². The van der Waals surface area contributed by atoms with Gasteiger partial charge in [0.25, 0.3) is 5.56 Å². The lowest BCUT2D eigenvalue weighted by atomic mass is 10.1. The fourth-order valence-corrected chi connectivity index (χ4v) is 4.21. The van der Waals surface area contributed by atoms with Crippen LogP contribution in [0.4, 0.5) is 11.6 Å². The molecule has 0 aliphatic carbocycles. The van der Waals surface area contributed by atoms with E-state index in [0.29, 0.717) is 34.2 Å². The molecule has 1 aliphatic rings. The number of hydrogen-bond donors (Lipinski definition) is 5. The van der Waals surface area contributed by atoms with Gasteiger partial charge in [-0.2, -0.15) is 4.98 Å². The number of fused-ring (bicyclic) bond motifs is 1. The first-order valence-corrected chi connectivity index (χ1v) is 11.4. The number of rotatable bonds is 6. The van der Waals surface area contributed by atoms with Crippen molar-refractivity contribution in [1.82, 2.24) is 30.2 Å². The fraction of sp³-hybridized carbons (Fsp3) is 0.333. The van der Waals surface area contributed by atoms with Crippen molar-refractivity contribution in [2.45, 2.75) is 20.0 Å². The Hall–Kier alpha value is -3.76. The van der Waals surface area contributed by atoms with Crippen LogP contribution < -0.4 is 21.1 Å². The van der Waals surface area contributed by atoms with E-state index in [1.165, 1.54) is 0 Å². The van der Waals surface area contributed by atoms with Crippen molar-refractivity contribution in [2.75, 3.05) is 42.9 Å². The summed E-state index contributed by atoms with van der Waals surface area (Å²) in [7, 11) is 0. The number of benzene rings is 1. The lowest BCUT2D eigenvalue weighted by molar-refractivity contribution is 0.191. The molecule has 0 amide bonds. The molecule has 5 rings (SSSR count). The van der Waals surface area contributed by atoms with Gasteiger partial charge in [0, 0.05) is 38.9 Å². The number of anilines is 2. The highest BCUT2D eigenvalue weighted by atomic mass is 16.3. The van der Waals surface area contributed by atoms with E-state index in [0.717, 1.165) is 43.0 Å². The number of aryl methyl sites for hydroxylation is 2. The van der Waals surface area contributed by atoms with Gasteiger partial charge in [-0.25, -0.2) is 9.97 Å². The molecule has 1 aromatic carbocycles. The van der Waals surface area contributed by atoms with Gasteiger partial charge in [0.2, 0.25) is 5.95 Å². The van der Waals surface area contributed by atoms with Gasteiger partial charge in [-0.05, 0) is 25.5 Å². The smallest absolute Gasteiger partial charge is 0.261 e. The maximum Gasteiger partial charge on any atom is 0.261 e. The Balaban J connectivity index is 1.46. The molecule has 0 radical (unpaired) electrons. The highest BCUT2D eigenvalue weighted by Crippen LogP contribution is 2.26. The minimum atomic E-state index is -0.725. The van der Waals surface area contributed by atoms with E-state index < -0.39 is 6.10 Å². The number of nitrogens with one attached hydrogen (secondary N) is 4. The second-order valence-corrected chi connectivity index (χ2v) is 8.54. The maximum atomic E-state index is 12.8. The van der Waals surface area contributed by atoms with E-state index in [4.69, 9.17) is 0 Å². The summed E-state index contributed by atoms with van der Waals surface area (Å²) < 4.78 is 0. The van der Waals surface area contributed by atoms with Crippen LogP contribution in [0.15, 0.2) is 41.3 Å². The number of aliphatic hydroxyl groups is 1. The van der Waals surface area contributed by atoms with Crippen molar-refractivity contribution < 1.29 is 5.11 Å². The minimum absolute atomic E-state index is 0.242. The van der Waals surface area contributed by atoms with E-state index in [2.05, 4.69) is 40.5 Å². The Morgan fingerprint density at radius 1 is 1.15 bits per heavy atom. The van der Waals surface area contributed by atoms with Gasteiger partial charge < -0.3 is 30.6 Å². The van der Waals surface area contributed by atoms with Crippen molar-refractivity contribution in [2.24, 2.45) is 0 Å². The fourth-order valence-electron chi connectivity index (χ4n) is 4.21. The van der Waals surface area contributed by atoms with Crippen LogP contribution in [0, 0.1) is 13.8 Å². The van der Waals surface area contributed by atoms with Crippen LogP contribution >= 0.6 is 0 Å². The molecule has 0 bridgehead atoms. The number of pyridine rings is 1. The number of aromatic amines is 2. The summed E-state index contributed by atoms with van der Waals surface area (Å²) in [5.41, 5.74) is 4.52. The third kappa shape index (κ3) is 4.37. The van der Waals surface area contributed by atoms with E-state index >= 15 is 0 Å². The maximum absolute atomic E-state index is 12.8. The van der Waals surface area contributed by atoms with Crippen molar-refractivity contribution >= 4 is 22.8 Å². The van der Waals surface area contributed by atoms with Gasteiger partial charge in [0.05, 0.1) is 17.5 Å². The molecular formula is C24H28N8O2. The predicted molar refractivity (Wildman–Crippen MR) is 132 cm³/mol. The first-order valence-electron chi connectivity index (χ1n) is 11.4. The van der Waals surface area contributed by atoms with Gasteiger partial charge >= 0.3 is 0 Å². The molecule has 4 heterocycles. The summed E-state index contributed by atoms with van der Waals surface area (Å²) >= 11 is 0. The van der Waals surface area contributed by atoms with Gasteiger partial charge in [-0.3, -0.25) is 4.79 Å². The number of aromatic nitrogens is 5. The summed E-state index contributed by atoms with van der Waals surface area (Å²) in [4.78, 5) is 34.8. The summed E-state index contributed by atoms with van der Waals surface area (Å²) in [5.74, 6) is 1.05. The third-order valence-electron chi connectivity index (χ3n) is 6.03. The first kappa shape index (κ1) is 22.1. The number of nitrogens with zero attached hydrogens (tertiary/aromatic N) is 4. The molecule has 4 aromatic rings. The summed E-state index contributed by atoms with van der Waals surface area (Å²) in [5, 5.41) is 17.2. The summed E-state index contributed by atoms with van der Waals surface area (Å²) in [6.45, 7) is 7.56. The molecule has 1 atom stereocenters. The number of H-pyrrole nitrogens is 2. The average Bonchev–Trinajstić information content (AvgIpc) is 3.27. The lowest BCUT2D eigenvalue weighted by Gasteiger charge is -2.27. The van der Waals surface area contributed by atoms with E-state index in [1.54, 1.807) is 12.3 Å². The van der Waals surface area contributed by atoms with Crippen LogP contribution in [0.2, 0.25) is 0 Å². The molecule has 0 spiro atoms. The minimum Gasteiger partial charge on any atom is -0.387 e. The summed E-state index contributed by atoms with van der Waals surface area (Å²) in [6, 6.07) is 9.49. The molecule has 1 fully saturated rings. The topological polar surface area (TPSA) is 135 Å². The Labute approximate surface area is 196 Å². The molecule has 34 heavy (non-hydrogen) atoms. The Morgan fingerprint density at radius 2 is 1.97 bits per heavy atom. The van der Waals surface area contributed by atoms with Crippen molar-refractivity contribution in [3.05, 3.63) is 63.7 Å². The van der Waals surface area contributed by atoms with Crippen LogP contribution in [-0.2, 0) is 0 Å². The van der Waals surface area contributed by atoms with Gasteiger partial charge in [0.1, 0.15) is 16.9 Å². The normalized spacial score (nSPS) is 15.0. The van der Waals surface area contributed by atoms with E-state index in [9.17, 15) is 9.90 Å². The van der Waals surface area contributed by atoms with Crippen LogP contribution in [0.1, 0.15) is 22.9 Å². The average molecular weight is 461 g/mol. The van der Waals surface area contributed by atoms with Crippen LogP contribution in [0.25, 0.3) is 22.6 Å². The third-order valence-corrected chi connectivity index (χ3v) is 6.03. The molecule has 1 saturated heterocycles. The van der Waals surface area contributed by atoms with Crippen LogP contribution in [0.5, 0.6) is 0 Å². The summed E-state index contributed by atoms with van der Waals surface area (Å²) in [6.07, 6.45) is 0.848. The first-order chi connectivity index (χ1) is 16.5. The monoisotopic (exact) mass is 460 g/mol. The second kappa shape index (κ2) is 9.24. The van der Waals surface area contributed by atoms with E-state index in [1.807, 2.05) is 38.1 Å². The molecular weight excluding hydrogens is 432 g/mol. The van der Waals surface area contributed by atoms with Crippen LogP contribution in [-0.4, -0.2) is 62.8 Å². The standard InChI is InChI=1S/C24H28N8O2/c1-14-4-3-5-16(12-14)18(33)13-27-17-6-7-26-23(34)19(17)21-29-20-15(2)28-24(31-22(20)30-21)32-10-8-25-9-11-32/h3-7,12,18,25,33H,8-11,13H2,1-2H3,(H2,26,27,34)(H,28,29,30,31)/t18-/m1/s1. The number of piperazine rings is 1. The molecule has 10 heteroatoms. The highest BCUT2D eigenvalue weighted by Gasteiger charge is 2.20. The molecule has 3 aromatic heterocycles. The lowest BCUT2D eigenvalue weighted by Crippen LogP contribution is -2.44. The van der Waals surface area contributed by atoms with Crippen molar-refractivity contribution in [1.29, 1.82) is 0 Å². The number of imidazole rings is 1. The zero-order valence-electron chi connectivity index (χ0n) is 19.2. The van der Waals surface area contributed by atoms with Crippen molar-refractivity contribution in [3.63, 3.8) is 0 Å². The predicted octanol–water partition coefficient (Wildman–Crippen LogP) is 1.88. The molecule has 10 nitrogen and oxygen atoms in total. The quantitative estimate of drug-likeness (QED) is 0.294. The second-order valence-electron chi connectivity index (χ2n) is 8.54. The number of hydrogen-bond acceptors (Lipinski definition) is 8. The molecule has 5 N–H and O–H groups in total. The molecule has 0 unspecified atom stereocenters. The van der Waals surface area contributed by atoms with Gasteiger partial charge in [-0.15, -0.1) is 0 Å².